The van der Waals surface area contributed by atoms with Gasteiger partial charge in [0, 0.05) is 25.0 Å². The quantitative estimate of drug-likeness (QED) is 0.648. The number of nitrogens with two attached hydrogens (primary N) is 1. The highest BCUT2D eigenvalue weighted by atomic mass is 16.2. The number of fused-ring (bicyclic) bond motifs is 1. The maximum atomic E-state index is 13.1. The minimum absolute atomic E-state index is 0.0859. The van der Waals surface area contributed by atoms with Gasteiger partial charge in [-0.25, -0.2) is 0 Å². The fourth-order valence-corrected chi connectivity index (χ4v) is 4.39. The molecule has 1 aromatic carbocycles. The van der Waals surface area contributed by atoms with E-state index in [-0.39, 0.29) is 30.8 Å². The summed E-state index contributed by atoms with van der Waals surface area (Å²) in [6, 6.07) is 4.50. The second kappa shape index (κ2) is 7.44. The smallest absolute Gasteiger partial charge is 0.262 e. The van der Waals surface area contributed by atoms with Crippen molar-refractivity contribution in [3.8, 4) is 0 Å². The van der Waals surface area contributed by atoms with E-state index in [1.165, 1.54) is 0 Å². The third-order valence-electron chi connectivity index (χ3n) is 5.93. The van der Waals surface area contributed by atoms with Crippen molar-refractivity contribution in [1.82, 2.24) is 15.5 Å². The molecule has 2 heterocycles. The van der Waals surface area contributed by atoms with Crippen molar-refractivity contribution >= 4 is 23.6 Å². The first-order chi connectivity index (χ1) is 13.5. The third-order valence-corrected chi connectivity index (χ3v) is 5.93. The predicted molar refractivity (Wildman–Crippen MR) is 100 cm³/mol. The van der Waals surface area contributed by atoms with Gasteiger partial charge in [-0.3, -0.25) is 29.4 Å². The van der Waals surface area contributed by atoms with E-state index in [0.29, 0.717) is 17.7 Å². The molecule has 1 aliphatic carbocycles. The lowest BCUT2D eigenvalue weighted by atomic mass is 9.90. The zero-order valence-electron chi connectivity index (χ0n) is 15.6. The van der Waals surface area contributed by atoms with Gasteiger partial charge in [-0.15, -0.1) is 0 Å². The molecule has 2 fully saturated rings. The lowest BCUT2D eigenvalue weighted by molar-refractivity contribution is -0.136. The average Bonchev–Trinajstić information content (AvgIpc) is 2.93. The van der Waals surface area contributed by atoms with Gasteiger partial charge in [-0.1, -0.05) is 25.0 Å². The normalized spacial score (nSPS) is 27.8. The van der Waals surface area contributed by atoms with Crippen molar-refractivity contribution in [3.63, 3.8) is 0 Å². The first-order valence-corrected chi connectivity index (χ1v) is 9.80. The van der Waals surface area contributed by atoms with Crippen LogP contribution in [0.15, 0.2) is 18.2 Å². The maximum absolute atomic E-state index is 13.1. The van der Waals surface area contributed by atoms with E-state index in [1.807, 2.05) is 6.07 Å². The summed E-state index contributed by atoms with van der Waals surface area (Å²) in [6.07, 6.45) is 4.49. The standard InChI is InChI=1S/C20H24N4O4/c21-13-6-1-2-7-14(13)22-10-11-4-3-5-12-17(11)20(28)24(19(12)27)15-8-9-16(25)23-18(15)26/h3-5,13-15,22H,1-2,6-10,21H2,(H,23,25,26)/t13-,14+,15?/m1/s1. The van der Waals surface area contributed by atoms with Crippen molar-refractivity contribution < 1.29 is 19.2 Å². The molecule has 3 aliphatic rings. The van der Waals surface area contributed by atoms with E-state index < -0.39 is 23.8 Å². The third kappa shape index (κ3) is 3.22. The average molecular weight is 384 g/mol. The van der Waals surface area contributed by atoms with Crippen LogP contribution in [0.4, 0.5) is 0 Å². The molecule has 1 unspecified atom stereocenters. The van der Waals surface area contributed by atoms with Gasteiger partial charge in [0.15, 0.2) is 0 Å². The van der Waals surface area contributed by atoms with Gasteiger partial charge in [0.05, 0.1) is 11.1 Å². The second-order valence-corrected chi connectivity index (χ2v) is 7.72. The monoisotopic (exact) mass is 384 g/mol. The summed E-state index contributed by atoms with van der Waals surface area (Å²) < 4.78 is 0. The molecule has 2 aliphatic heterocycles. The molecule has 4 N–H and O–H groups in total. The van der Waals surface area contributed by atoms with Gasteiger partial charge in [-0.2, -0.15) is 0 Å². The maximum Gasteiger partial charge on any atom is 0.262 e. The molecule has 4 rings (SSSR count). The van der Waals surface area contributed by atoms with Crippen molar-refractivity contribution in [3.05, 3.63) is 34.9 Å². The van der Waals surface area contributed by atoms with Gasteiger partial charge < -0.3 is 11.1 Å². The van der Waals surface area contributed by atoms with Crippen molar-refractivity contribution in [2.75, 3.05) is 0 Å². The number of hydrogen-bond donors (Lipinski definition) is 3. The first-order valence-electron chi connectivity index (χ1n) is 9.80. The van der Waals surface area contributed by atoms with Crippen LogP contribution < -0.4 is 16.4 Å². The molecule has 1 saturated carbocycles. The van der Waals surface area contributed by atoms with E-state index in [0.717, 1.165) is 36.1 Å². The summed E-state index contributed by atoms with van der Waals surface area (Å²) in [4.78, 5) is 50.5. The van der Waals surface area contributed by atoms with Crippen LogP contribution in [-0.4, -0.2) is 46.7 Å². The molecule has 3 atom stereocenters. The summed E-state index contributed by atoms with van der Waals surface area (Å²) in [6.45, 7) is 0.434. The number of carbonyl (C=O) groups excluding carboxylic acids is 4. The number of amides is 4. The first kappa shape index (κ1) is 18.8. The van der Waals surface area contributed by atoms with Crippen LogP contribution in [0.25, 0.3) is 0 Å². The number of nitrogens with one attached hydrogen (secondary N) is 2. The summed E-state index contributed by atoms with van der Waals surface area (Å²) in [5, 5.41) is 5.64. The van der Waals surface area contributed by atoms with Gasteiger partial charge in [0.2, 0.25) is 11.8 Å². The van der Waals surface area contributed by atoms with E-state index in [2.05, 4.69) is 10.6 Å². The van der Waals surface area contributed by atoms with E-state index in [1.54, 1.807) is 12.1 Å². The number of piperidine rings is 1. The molecule has 1 aromatic rings. The summed E-state index contributed by atoms with van der Waals surface area (Å²) in [5.74, 6) is -1.93. The van der Waals surface area contributed by atoms with Crippen LogP contribution in [0.5, 0.6) is 0 Å². The molecular weight excluding hydrogens is 360 g/mol. The highest BCUT2D eigenvalue weighted by Crippen LogP contribution is 2.30. The largest absolute Gasteiger partial charge is 0.326 e. The van der Waals surface area contributed by atoms with Gasteiger partial charge in [0.25, 0.3) is 11.8 Å². The second-order valence-electron chi connectivity index (χ2n) is 7.72. The predicted octanol–water partition coefficient (Wildman–Crippen LogP) is 0.447. The lowest BCUT2D eigenvalue weighted by Crippen LogP contribution is -2.54. The van der Waals surface area contributed by atoms with Crippen molar-refractivity contribution in [2.24, 2.45) is 5.73 Å². The Balaban J connectivity index is 1.56. The Morgan fingerprint density at radius 2 is 1.86 bits per heavy atom. The molecule has 28 heavy (non-hydrogen) atoms. The Kier molecular flexibility index (Phi) is 4.99. The molecular formula is C20H24N4O4. The minimum Gasteiger partial charge on any atom is -0.326 e. The van der Waals surface area contributed by atoms with Crippen LogP contribution in [0.2, 0.25) is 0 Å². The van der Waals surface area contributed by atoms with Crippen LogP contribution in [-0.2, 0) is 16.1 Å². The Morgan fingerprint density at radius 1 is 1.07 bits per heavy atom. The summed E-state index contributed by atoms with van der Waals surface area (Å²) in [5.41, 5.74) is 7.56. The number of carbonyl (C=O) groups is 4. The van der Waals surface area contributed by atoms with Crippen molar-refractivity contribution in [1.29, 1.82) is 0 Å². The highest BCUT2D eigenvalue weighted by Gasteiger charge is 2.45. The topological polar surface area (TPSA) is 122 Å². The summed E-state index contributed by atoms with van der Waals surface area (Å²) in [7, 11) is 0. The Bertz CT molecular complexity index is 853. The molecule has 0 spiro atoms. The van der Waals surface area contributed by atoms with Gasteiger partial charge in [0.1, 0.15) is 6.04 Å². The number of rotatable bonds is 4. The zero-order chi connectivity index (χ0) is 19.8. The molecule has 0 radical (unpaired) electrons. The number of hydrogen-bond acceptors (Lipinski definition) is 6. The van der Waals surface area contributed by atoms with Gasteiger partial charge >= 0.3 is 0 Å². The van der Waals surface area contributed by atoms with E-state index in [4.69, 9.17) is 5.73 Å². The Morgan fingerprint density at radius 3 is 2.61 bits per heavy atom. The summed E-state index contributed by atoms with van der Waals surface area (Å²) >= 11 is 0. The highest BCUT2D eigenvalue weighted by molar-refractivity contribution is 6.24. The number of imide groups is 2. The van der Waals surface area contributed by atoms with E-state index in [9.17, 15) is 19.2 Å². The minimum atomic E-state index is -0.947. The Labute approximate surface area is 162 Å². The molecule has 8 heteroatoms. The van der Waals surface area contributed by atoms with Crippen LogP contribution >= 0.6 is 0 Å². The molecule has 148 valence electrons. The van der Waals surface area contributed by atoms with Gasteiger partial charge in [-0.05, 0) is 30.9 Å². The molecule has 4 amide bonds. The van der Waals surface area contributed by atoms with E-state index >= 15 is 0 Å². The fraction of sp³-hybridized carbons (Fsp3) is 0.500. The molecule has 1 saturated heterocycles. The zero-order valence-corrected chi connectivity index (χ0v) is 15.6. The Hall–Kier alpha value is -2.58. The van der Waals surface area contributed by atoms with Crippen LogP contribution in [0.1, 0.15) is 64.8 Å². The molecule has 0 aromatic heterocycles. The van der Waals surface area contributed by atoms with Crippen LogP contribution in [0, 0.1) is 0 Å². The molecule has 8 nitrogen and oxygen atoms in total. The lowest BCUT2D eigenvalue weighted by Gasteiger charge is -2.29. The SMILES string of the molecule is N[C@@H]1CCCC[C@@H]1NCc1cccc2c1C(=O)N(C1CCC(=O)NC1=O)C2=O. The van der Waals surface area contributed by atoms with Crippen molar-refractivity contribution in [2.45, 2.75) is 63.2 Å². The molecule has 0 bridgehead atoms. The number of benzene rings is 1. The van der Waals surface area contributed by atoms with Crippen LogP contribution in [0.3, 0.4) is 0 Å². The number of nitrogens with zero attached hydrogens (tertiary/aromatic N) is 1. The fourth-order valence-electron chi connectivity index (χ4n) is 4.39.